The van der Waals surface area contributed by atoms with Crippen LogP contribution in [-0.4, -0.2) is 33.5 Å². The summed E-state index contributed by atoms with van der Waals surface area (Å²) in [7, 11) is 0. The van der Waals surface area contributed by atoms with E-state index in [1.165, 1.54) is 0 Å². The third kappa shape index (κ3) is 4.56. The van der Waals surface area contributed by atoms with Crippen LogP contribution in [0.25, 0.3) is 11.0 Å². The lowest BCUT2D eigenvalue weighted by Gasteiger charge is -2.18. The van der Waals surface area contributed by atoms with Crippen LogP contribution in [0.4, 0.5) is 0 Å². The van der Waals surface area contributed by atoms with Crippen LogP contribution in [0.1, 0.15) is 41.3 Å². The minimum absolute atomic E-state index is 0.100. The molecule has 5 heteroatoms. The van der Waals surface area contributed by atoms with E-state index in [0.717, 1.165) is 52.3 Å². The summed E-state index contributed by atoms with van der Waals surface area (Å²) in [5, 5.41) is 0. The van der Waals surface area contributed by atoms with Crippen molar-refractivity contribution >= 4 is 16.9 Å². The van der Waals surface area contributed by atoms with Crippen LogP contribution >= 0.6 is 0 Å². The van der Waals surface area contributed by atoms with E-state index in [0.29, 0.717) is 26.1 Å². The van der Waals surface area contributed by atoms with E-state index in [1.54, 1.807) is 0 Å². The molecule has 0 radical (unpaired) electrons. The lowest BCUT2D eigenvalue weighted by Crippen LogP contribution is -2.24. The second kappa shape index (κ2) is 9.72. The van der Waals surface area contributed by atoms with Gasteiger partial charge in [-0.15, -0.1) is 0 Å². The van der Waals surface area contributed by atoms with Gasteiger partial charge in [0, 0.05) is 32.0 Å². The van der Waals surface area contributed by atoms with Crippen molar-refractivity contribution in [3.63, 3.8) is 0 Å². The predicted molar refractivity (Wildman–Crippen MR) is 135 cm³/mol. The van der Waals surface area contributed by atoms with Gasteiger partial charge in [0.15, 0.2) is 0 Å². The van der Waals surface area contributed by atoms with E-state index in [2.05, 4.69) is 66.9 Å². The Bertz CT molecular complexity index is 1280. The fourth-order valence-corrected chi connectivity index (χ4v) is 4.97. The van der Waals surface area contributed by atoms with Gasteiger partial charge in [-0.1, -0.05) is 60.7 Å². The number of benzene rings is 3. The Balaban J connectivity index is 1.32. The van der Waals surface area contributed by atoms with Crippen molar-refractivity contribution in [1.82, 2.24) is 14.5 Å². The molecule has 1 unspecified atom stereocenters. The van der Waals surface area contributed by atoms with Crippen molar-refractivity contribution < 1.29 is 9.53 Å². The molecule has 5 rings (SSSR count). The molecule has 34 heavy (non-hydrogen) atoms. The Morgan fingerprint density at radius 2 is 1.68 bits per heavy atom. The highest BCUT2D eigenvalue weighted by atomic mass is 16.5. The zero-order valence-electron chi connectivity index (χ0n) is 19.9. The molecule has 0 saturated carbocycles. The van der Waals surface area contributed by atoms with E-state index in [1.807, 2.05) is 29.2 Å². The third-order valence-corrected chi connectivity index (χ3v) is 6.66. The number of nitrogens with zero attached hydrogens (tertiary/aromatic N) is 3. The zero-order chi connectivity index (χ0) is 23.5. The number of aromatic nitrogens is 2. The number of para-hydroxylation sites is 3. The highest BCUT2D eigenvalue weighted by Gasteiger charge is 2.33. The van der Waals surface area contributed by atoms with Gasteiger partial charge in [0.2, 0.25) is 5.91 Å². The molecular weight excluding hydrogens is 422 g/mol. The molecule has 1 amide bonds. The molecule has 1 aromatic heterocycles. The second-order valence-corrected chi connectivity index (χ2v) is 9.19. The number of hydrogen-bond acceptors (Lipinski definition) is 3. The molecule has 1 fully saturated rings. The number of aryl methyl sites for hydroxylation is 3. The van der Waals surface area contributed by atoms with E-state index >= 15 is 0 Å². The van der Waals surface area contributed by atoms with Crippen molar-refractivity contribution in [2.45, 2.75) is 45.7 Å². The normalized spacial score (nSPS) is 15.9. The minimum atomic E-state index is 0.100. The molecule has 174 valence electrons. The summed E-state index contributed by atoms with van der Waals surface area (Å²) in [6.45, 7) is 6.98. The predicted octanol–water partition coefficient (Wildman–Crippen LogP) is 5.64. The first-order chi connectivity index (χ1) is 16.6. The molecule has 2 heterocycles. The fraction of sp³-hybridized carbons (Fsp3) is 0.310. The largest absolute Gasteiger partial charge is 0.493 e. The van der Waals surface area contributed by atoms with Crippen LogP contribution in [-0.2, 0) is 17.9 Å². The minimum Gasteiger partial charge on any atom is -0.493 e. The molecule has 5 nitrogen and oxygen atoms in total. The van der Waals surface area contributed by atoms with Crippen molar-refractivity contribution in [3.8, 4) is 5.75 Å². The molecule has 0 N–H and O–H groups in total. The van der Waals surface area contributed by atoms with Crippen molar-refractivity contribution in [2.24, 2.45) is 0 Å². The summed E-state index contributed by atoms with van der Waals surface area (Å²) in [5.74, 6) is 2.29. The lowest BCUT2D eigenvalue weighted by atomic mass is 10.1. The summed E-state index contributed by atoms with van der Waals surface area (Å²) >= 11 is 0. The van der Waals surface area contributed by atoms with Gasteiger partial charge in [-0.05, 0) is 49.1 Å². The Kier molecular flexibility index (Phi) is 6.35. The summed E-state index contributed by atoms with van der Waals surface area (Å²) in [4.78, 5) is 19.8. The molecule has 1 aliphatic heterocycles. The number of fused-ring (bicyclic) bond motifs is 1. The van der Waals surface area contributed by atoms with E-state index < -0.39 is 0 Å². The Morgan fingerprint density at radius 3 is 2.47 bits per heavy atom. The first-order valence-corrected chi connectivity index (χ1v) is 12.1. The summed E-state index contributed by atoms with van der Waals surface area (Å²) in [5.41, 5.74) is 5.60. The Hall–Kier alpha value is -3.60. The van der Waals surface area contributed by atoms with Crippen LogP contribution in [0.3, 0.4) is 0 Å². The highest BCUT2D eigenvalue weighted by Crippen LogP contribution is 2.31. The van der Waals surface area contributed by atoms with Crippen molar-refractivity contribution in [1.29, 1.82) is 0 Å². The Morgan fingerprint density at radius 1 is 0.941 bits per heavy atom. The standard InChI is InChI=1S/C29H31N3O2/c1-21-10-8-11-22(2)28(21)34-17-9-16-32-26-15-7-6-14-25(26)30-29(32)24-18-27(33)31(20-24)19-23-12-4-3-5-13-23/h3-8,10-15,24H,9,16-20H2,1-2H3. The van der Waals surface area contributed by atoms with Gasteiger partial charge in [-0.2, -0.15) is 0 Å². The number of ether oxygens (including phenoxy) is 1. The van der Waals surface area contributed by atoms with Gasteiger partial charge in [0.1, 0.15) is 11.6 Å². The van der Waals surface area contributed by atoms with E-state index in [4.69, 9.17) is 9.72 Å². The first kappa shape index (κ1) is 22.2. The zero-order valence-corrected chi connectivity index (χ0v) is 19.9. The van der Waals surface area contributed by atoms with Crippen LogP contribution in [0.2, 0.25) is 0 Å². The third-order valence-electron chi connectivity index (χ3n) is 6.66. The van der Waals surface area contributed by atoms with E-state index in [-0.39, 0.29) is 11.8 Å². The van der Waals surface area contributed by atoms with Gasteiger partial charge < -0.3 is 14.2 Å². The topological polar surface area (TPSA) is 47.4 Å². The summed E-state index contributed by atoms with van der Waals surface area (Å²) in [6, 6.07) is 24.7. The molecule has 1 aliphatic rings. The lowest BCUT2D eigenvalue weighted by molar-refractivity contribution is -0.128. The van der Waals surface area contributed by atoms with Gasteiger partial charge >= 0.3 is 0 Å². The Labute approximate surface area is 201 Å². The van der Waals surface area contributed by atoms with Crippen molar-refractivity contribution in [3.05, 3.63) is 95.3 Å². The van der Waals surface area contributed by atoms with Crippen LogP contribution in [0.15, 0.2) is 72.8 Å². The maximum absolute atomic E-state index is 12.8. The van der Waals surface area contributed by atoms with Crippen LogP contribution in [0.5, 0.6) is 5.75 Å². The molecule has 3 aromatic carbocycles. The maximum Gasteiger partial charge on any atom is 0.223 e. The first-order valence-electron chi connectivity index (χ1n) is 12.1. The van der Waals surface area contributed by atoms with Crippen LogP contribution in [0, 0.1) is 13.8 Å². The number of imidazole rings is 1. The quantitative estimate of drug-likeness (QED) is 0.325. The second-order valence-electron chi connectivity index (χ2n) is 9.19. The molecule has 0 aliphatic carbocycles. The summed E-state index contributed by atoms with van der Waals surface area (Å²) in [6.07, 6.45) is 1.38. The smallest absolute Gasteiger partial charge is 0.223 e. The van der Waals surface area contributed by atoms with E-state index in [9.17, 15) is 4.79 Å². The van der Waals surface area contributed by atoms with Gasteiger partial charge in [-0.3, -0.25) is 4.79 Å². The van der Waals surface area contributed by atoms with Gasteiger partial charge in [0.05, 0.1) is 17.6 Å². The van der Waals surface area contributed by atoms with Gasteiger partial charge in [-0.25, -0.2) is 4.98 Å². The number of amides is 1. The monoisotopic (exact) mass is 453 g/mol. The average Bonchev–Trinajstić information content (AvgIpc) is 3.39. The maximum atomic E-state index is 12.8. The molecule has 1 saturated heterocycles. The number of rotatable bonds is 8. The highest BCUT2D eigenvalue weighted by molar-refractivity contribution is 5.81. The molecular formula is C29H31N3O2. The average molecular weight is 454 g/mol. The number of hydrogen-bond donors (Lipinski definition) is 0. The number of likely N-dealkylation sites (tertiary alicyclic amines) is 1. The molecule has 0 spiro atoms. The fourth-order valence-electron chi connectivity index (χ4n) is 4.97. The molecule has 1 atom stereocenters. The van der Waals surface area contributed by atoms with Crippen molar-refractivity contribution in [2.75, 3.05) is 13.2 Å². The molecule has 4 aromatic rings. The molecule has 0 bridgehead atoms. The number of carbonyl (C=O) groups is 1. The number of carbonyl (C=O) groups excluding carboxylic acids is 1. The SMILES string of the molecule is Cc1cccc(C)c1OCCCn1c(C2CC(=O)N(Cc3ccccc3)C2)nc2ccccc21. The van der Waals surface area contributed by atoms with Gasteiger partial charge in [0.25, 0.3) is 0 Å². The summed E-state index contributed by atoms with van der Waals surface area (Å²) < 4.78 is 8.45. The van der Waals surface area contributed by atoms with Crippen LogP contribution < -0.4 is 4.74 Å².